The fourth-order valence-electron chi connectivity index (χ4n) is 1.93. The lowest BCUT2D eigenvalue weighted by Gasteiger charge is -2.06. The lowest BCUT2D eigenvalue weighted by Crippen LogP contribution is -2.14. The van der Waals surface area contributed by atoms with E-state index < -0.39 is 0 Å². The number of hydrogen-bond donors (Lipinski definition) is 2. The van der Waals surface area contributed by atoms with Gasteiger partial charge in [-0.15, -0.1) is 0 Å². The standard InChI is InChI=1S/C11H14N4OS/c1-4-15-9(13-14-11(15)17)8-6(2)5-7(3)12-10(8)16/h5H,4H2,1-3H3,(H,12,16)(H,14,17). The molecule has 0 radical (unpaired) electrons. The number of aromatic nitrogens is 4. The summed E-state index contributed by atoms with van der Waals surface area (Å²) in [5, 5.41) is 6.85. The van der Waals surface area contributed by atoms with Gasteiger partial charge in [0.25, 0.3) is 5.56 Å². The number of hydrogen-bond acceptors (Lipinski definition) is 3. The maximum atomic E-state index is 12.0. The Hall–Kier alpha value is -1.69. The molecule has 2 aromatic rings. The molecule has 0 amide bonds. The Kier molecular flexibility index (Phi) is 2.97. The molecule has 0 fully saturated rings. The normalized spacial score (nSPS) is 10.8. The summed E-state index contributed by atoms with van der Waals surface area (Å²) in [5.41, 5.74) is 2.18. The smallest absolute Gasteiger partial charge is 0.259 e. The number of aryl methyl sites for hydroxylation is 2. The molecule has 5 nitrogen and oxygen atoms in total. The Labute approximate surface area is 104 Å². The molecule has 6 heteroatoms. The Balaban J connectivity index is 2.77. The first-order valence-corrected chi connectivity index (χ1v) is 5.81. The van der Waals surface area contributed by atoms with Gasteiger partial charge in [-0.1, -0.05) is 0 Å². The van der Waals surface area contributed by atoms with Crippen LogP contribution in [0.1, 0.15) is 18.2 Å². The summed E-state index contributed by atoms with van der Waals surface area (Å²) in [4.78, 5) is 14.8. The van der Waals surface area contributed by atoms with E-state index in [1.165, 1.54) is 0 Å². The molecule has 0 aliphatic rings. The summed E-state index contributed by atoms with van der Waals surface area (Å²) in [6.07, 6.45) is 0. The zero-order valence-electron chi connectivity index (χ0n) is 10.00. The second-order valence-electron chi connectivity index (χ2n) is 3.94. The Bertz CT molecular complexity index is 665. The SMILES string of the molecule is CCn1c(-c2c(C)cc(C)[nH]c2=O)n[nH]c1=S. The predicted molar refractivity (Wildman–Crippen MR) is 68.6 cm³/mol. The first-order valence-electron chi connectivity index (χ1n) is 5.40. The van der Waals surface area contributed by atoms with Gasteiger partial charge in [0, 0.05) is 12.2 Å². The van der Waals surface area contributed by atoms with Crippen molar-refractivity contribution in [2.45, 2.75) is 27.3 Å². The average molecular weight is 250 g/mol. The third-order valence-electron chi connectivity index (χ3n) is 2.66. The Morgan fingerprint density at radius 3 is 2.76 bits per heavy atom. The van der Waals surface area contributed by atoms with Crippen molar-refractivity contribution in [1.29, 1.82) is 0 Å². The topological polar surface area (TPSA) is 66.5 Å². The molecule has 0 saturated carbocycles. The highest BCUT2D eigenvalue weighted by molar-refractivity contribution is 7.71. The van der Waals surface area contributed by atoms with Crippen LogP contribution in [0.2, 0.25) is 0 Å². The molecule has 2 rings (SSSR count). The Morgan fingerprint density at radius 2 is 2.18 bits per heavy atom. The van der Waals surface area contributed by atoms with E-state index in [1.54, 1.807) is 0 Å². The molecule has 2 N–H and O–H groups in total. The van der Waals surface area contributed by atoms with Crippen molar-refractivity contribution in [3.05, 3.63) is 32.4 Å². The fourth-order valence-corrected chi connectivity index (χ4v) is 2.19. The molecule has 0 aliphatic carbocycles. The summed E-state index contributed by atoms with van der Waals surface area (Å²) < 4.78 is 2.34. The van der Waals surface area contributed by atoms with Crippen molar-refractivity contribution < 1.29 is 0 Å². The number of pyridine rings is 1. The van der Waals surface area contributed by atoms with Gasteiger partial charge in [-0.05, 0) is 44.6 Å². The molecule has 90 valence electrons. The van der Waals surface area contributed by atoms with Crippen LogP contribution in [0.3, 0.4) is 0 Å². The van der Waals surface area contributed by atoms with E-state index in [4.69, 9.17) is 12.2 Å². The van der Waals surface area contributed by atoms with E-state index in [1.807, 2.05) is 31.4 Å². The molecule has 0 saturated heterocycles. The monoisotopic (exact) mass is 250 g/mol. The minimum absolute atomic E-state index is 0.133. The van der Waals surface area contributed by atoms with Crippen molar-refractivity contribution in [2.75, 3.05) is 0 Å². The van der Waals surface area contributed by atoms with E-state index in [0.29, 0.717) is 22.7 Å². The van der Waals surface area contributed by atoms with Crippen molar-refractivity contribution in [3.63, 3.8) is 0 Å². The van der Waals surface area contributed by atoms with Crippen molar-refractivity contribution >= 4 is 12.2 Å². The summed E-state index contributed by atoms with van der Waals surface area (Å²) in [5.74, 6) is 0.594. The molecular formula is C11H14N4OS. The van der Waals surface area contributed by atoms with Gasteiger partial charge in [0.05, 0.1) is 5.56 Å². The largest absolute Gasteiger partial charge is 0.326 e. The minimum atomic E-state index is -0.133. The molecule has 0 aromatic carbocycles. The molecule has 0 atom stereocenters. The lowest BCUT2D eigenvalue weighted by atomic mass is 10.1. The highest BCUT2D eigenvalue weighted by Gasteiger charge is 2.14. The van der Waals surface area contributed by atoms with Gasteiger partial charge in [-0.25, -0.2) is 0 Å². The summed E-state index contributed by atoms with van der Waals surface area (Å²) in [7, 11) is 0. The third-order valence-corrected chi connectivity index (χ3v) is 2.97. The maximum Gasteiger partial charge on any atom is 0.259 e. The van der Waals surface area contributed by atoms with Crippen LogP contribution < -0.4 is 5.56 Å². The quantitative estimate of drug-likeness (QED) is 0.800. The number of nitrogens with one attached hydrogen (secondary N) is 2. The first kappa shape index (κ1) is 11.8. The fraction of sp³-hybridized carbons (Fsp3) is 0.364. The lowest BCUT2D eigenvalue weighted by molar-refractivity contribution is 0.754. The van der Waals surface area contributed by atoms with E-state index in [0.717, 1.165) is 11.3 Å². The van der Waals surface area contributed by atoms with Gasteiger partial charge in [0.15, 0.2) is 10.6 Å². The van der Waals surface area contributed by atoms with Crippen LogP contribution >= 0.6 is 12.2 Å². The first-order chi connectivity index (χ1) is 8.04. The molecule has 0 unspecified atom stereocenters. The van der Waals surface area contributed by atoms with Crippen LogP contribution in [-0.2, 0) is 6.54 Å². The zero-order chi connectivity index (χ0) is 12.6. The molecule has 0 spiro atoms. The van der Waals surface area contributed by atoms with Gasteiger partial charge in [-0.2, -0.15) is 5.10 Å². The van der Waals surface area contributed by atoms with Crippen molar-refractivity contribution in [1.82, 2.24) is 19.7 Å². The molecule has 2 heterocycles. The number of H-pyrrole nitrogens is 2. The van der Waals surface area contributed by atoms with Gasteiger partial charge in [0.2, 0.25) is 0 Å². The van der Waals surface area contributed by atoms with Gasteiger partial charge in [0.1, 0.15) is 0 Å². The minimum Gasteiger partial charge on any atom is -0.326 e. The number of rotatable bonds is 2. The van der Waals surface area contributed by atoms with Gasteiger partial charge < -0.3 is 9.55 Å². The molecular weight excluding hydrogens is 236 g/mol. The molecule has 0 bridgehead atoms. The van der Waals surface area contributed by atoms with Crippen LogP contribution in [-0.4, -0.2) is 19.7 Å². The number of aromatic amines is 2. The predicted octanol–water partition coefficient (Wildman–Crippen LogP) is 1.93. The van der Waals surface area contributed by atoms with E-state index in [2.05, 4.69) is 15.2 Å². The second kappa shape index (κ2) is 4.29. The summed E-state index contributed by atoms with van der Waals surface area (Å²) in [6.45, 7) is 6.40. The van der Waals surface area contributed by atoms with Crippen molar-refractivity contribution in [2.24, 2.45) is 0 Å². The zero-order valence-corrected chi connectivity index (χ0v) is 10.8. The summed E-state index contributed by atoms with van der Waals surface area (Å²) in [6, 6.07) is 1.93. The highest BCUT2D eigenvalue weighted by Crippen LogP contribution is 2.17. The van der Waals surface area contributed by atoms with Crippen LogP contribution in [0, 0.1) is 18.6 Å². The number of nitrogens with zero attached hydrogens (tertiary/aromatic N) is 2. The summed E-state index contributed by atoms with van der Waals surface area (Å²) >= 11 is 5.12. The molecule has 2 aromatic heterocycles. The molecule has 17 heavy (non-hydrogen) atoms. The van der Waals surface area contributed by atoms with E-state index in [9.17, 15) is 4.79 Å². The third kappa shape index (κ3) is 1.95. The maximum absolute atomic E-state index is 12.0. The second-order valence-corrected chi connectivity index (χ2v) is 4.32. The average Bonchev–Trinajstić information content (AvgIpc) is 2.58. The molecule has 0 aliphatic heterocycles. The van der Waals surface area contributed by atoms with Crippen LogP contribution in [0.25, 0.3) is 11.4 Å². The van der Waals surface area contributed by atoms with Crippen LogP contribution in [0.5, 0.6) is 0 Å². The Morgan fingerprint density at radius 1 is 1.47 bits per heavy atom. The van der Waals surface area contributed by atoms with Crippen LogP contribution in [0.4, 0.5) is 0 Å². The van der Waals surface area contributed by atoms with E-state index >= 15 is 0 Å². The van der Waals surface area contributed by atoms with Crippen molar-refractivity contribution in [3.8, 4) is 11.4 Å². The van der Waals surface area contributed by atoms with Crippen LogP contribution in [0.15, 0.2) is 10.9 Å². The van der Waals surface area contributed by atoms with Gasteiger partial charge in [-0.3, -0.25) is 9.89 Å². The highest BCUT2D eigenvalue weighted by atomic mass is 32.1. The van der Waals surface area contributed by atoms with E-state index in [-0.39, 0.29) is 5.56 Å². The van der Waals surface area contributed by atoms with Gasteiger partial charge >= 0.3 is 0 Å².